The van der Waals surface area contributed by atoms with Crippen molar-refractivity contribution in [3.8, 4) is 5.95 Å². The molecule has 0 aliphatic heterocycles. The van der Waals surface area contributed by atoms with Gasteiger partial charge in [-0.25, -0.2) is 10.8 Å². The number of hydrazine groups is 1. The smallest absolute Gasteiger partial charge is 0.258 e. The number of nitrogen functional groups attached to an aromatic ring is 1. The summed E-state index contributed by atoms with van der Waals surface area (Å²) in [5.41, 5.74) is 2.82. The first kappa shape index (κ1) is 13.7. The first-order valence-corrected chi connectivity index (χ1v) is 7.06. The predicted molar refractivity (Wildman–Crippen MR) is 77.6 cm³/mol. The summed E-state index contributed by atoms with van der Waals surface area (Å²) < 4.78 is 1.46. The summed E-state index contributed by atoms with van der Waals surface area (Å²) in [7, 11) is 0. The van der Waals surface area contributed by atoms with Crippen molar-refractivity contribution in [2.75, 3.05) is 17.3 Å². The summed E-state index contributed by atoms with van der Waals surface area (Å²) in [6.07, 6.45) is 7.90. The molecule has 1 aliphatic rings. The standard InChI is InChI=1S/C12H19N9/c1-2-12(4-3-5-12)6-15-9-17-10(20-13)19-11(18-9)21-8-14-7-16-21/h7-8H,2-6,13H2,1H3,(H2,15,17,18,19,20). The van der Waals surface area contributed by atoms with Gasteiger partial charge in [-0.1, -0.05) is 13.3 Å². The van der Waals surface area contributed by atoms with Crippen LogP contribution in [0.2, 0.25) is 0 Å². The third-order valence-electron chi connectivity index (χ3n) is 4.16. The van der Waals surface area contributed by atoms with Crippen LogP contribution in [0.4, 0.5) is 11.9 Å². The largest absolute Gasteiger partial charge is 0.353 e. The number of hydrogen-bond acceptors (Lipinski definition) is 8. The van der Waals surface area contributed by atoms with Gasteiger partial charge in [0.25, 0.3) is 5.95 Å². The number of anilines is 2. The van der Waals surface area contributed by atoms with Crippen LogP contribution in [0.25, 0.3) is 5.95 Å². The summed E-state index contributed by atoms with van der Waals surface area (Å²) in [6.45, 7) is 3.08. The Hall–Kier alpha value is -2.29. The molecule has 2 aromatic heterocycles. The molecular formula is C12H19N9. The van der Waals surface area contributed by atoms with Crippen molar-refractivity contribution in [3.63, 3.8) is 0 Å². The van der Waals surface area contributed by atoms with E-state index < -0.39 is 0 Å². The molecule has 3 rings (SSSR count). The van der Waals surface area contributed by atoms with Crippen LogP contribution in [0.3, 0.4) is 0 Å². The lowest BCUT2D eigenvalue weighted by molar-refractivity contribution is 0.144. The molecule has 4 N–H and O–H groups in total. The first-order valence-electron chi connectivity index (χ1n) is 7.06. The molecule has 0 atom stereocenters. The Balaban J connectivity index is 1.79. The van der Waals surface area contributed by atoms with Crippen LogP contribution in [-0.2, 0) is 0 Å². The molecule has 9 heteroatoms. The quantitative estimate of drug-likeness (QED) is 0.526. The van der Waals surface area contributed by atoms with Gasteiger partial charge in [0, 0.05) is 6.54 Å². The zero-order valence-electron chi connectivity index (χ0n) is 12.0. The maximum Gasteiger partial charge on any atom is 0.258 e. The fourth-order valence-electron chi connectivity index (χ4n) is 2.52. The fraction of sp³-hybridized carbons (Fsp3) is 0.583. The molecule has 1 fully saturated rings. The molecule has 1 saturated carbocycles. The van der Waals surface area contributed by atoms with E-state index in [4.69, 9.17) is 5.84 Å². The lowest BCUT2D eigenvalue weighted by Crippen LogP contribution is -2.36. The van der Waals surface area contributed by atoms with E-state index in [1.165, 1.54) is 36.6 Å². The topological polar surface area (TPSA) is 119 Å². The van der Waals surface area contributed by atoms with E-state index in [1.54, 1.807) is 0 Å². The molecule has 112 valence electrons. The molecule has 9 nitrogen and oxygen atoms in total. The van der Waals surface area contributed by atoms with Crippen molar-refractivity contribution in [2.24, 2.45) is 11.3 Å². The van der Waals surface area contributed by atoms with Crippen molar-refractivity contribution in [1.29, 1.82) is 0 Å². The van der Waals surface area contributed by atoms with E-state index in [1.807, 2.05) is 0 Å². The van der Waals surface area contributed by atoms with Crippen LogP contribution in [0.5, 0.6) is 0 Å². The molecule has 0 radical (unpaired) electrons. The lowest BCUT2D eigenvalue weighted by atomic mass is 9.67. The van der Waals surface area contributed by atoms with Gasteiger partial charge in [-0.05, 0) is 24.7 Å². The Kier molecular flexibility index (Phi) is 3.65. The molecule has 0 unspecified atom stereocenters. The van der Waals surface area contributed by atoms with E-state index in [9.17, 15) is 0 Å². The van der Waals surface area contributed by atoms with Gasteiger partial charge >= 0.3 is 0 Å². The van der Waals surface area contributed by atoms with Crippen LogP contribution in [-0.4, -0.2) is 36.3 Å². The normalized spacial score (nSPS) is 16.3. The Bertz CT molecular complexity index is 585. The molecular weight excluding hydrogens is 270 g/mol. The zero-order valence-corrected chi connectivity index (χ0v) is 12.0. The van der Waals surface area contributed by atoms with Crippen molar-refractivity contribution in [1.82, 2.24) is 29.7 Å². The average molecular weight is 289 g/mol. The number of nitrogens with one attached hydrogen (secondary N) is 2. The molecule has 1 aliphatic carbocycles. The minimum absolute atomic E-state index is 0.289. The van der Waals surface area contributed by atoms with E-state index >= 15 is 0 Å². The number of aromatic nitrogens is 6. The Morgan fingerprint density at radius 3 is 2.67 bits per heavy atom. The number of hydrogen-bond donors (Lipinski definition) is 3. The average Bonchev–Trinajstić information content (AvgIpc) is 3.00. The maximum atomic E-state index is 5.41. The van der Waals surface area contributed by atoms with Crippen LogP contribution < -0.4 is 16.6 Å². The minimum atomic E-state index is 0.289. The lowest BCUT2D eigenvalue weighted by Gasteiger charge is -2.41. The van der Waals surface area contributed by atoms with Crippen LogP contribution in [0, 0.1) is 5.41 Å². The second-order valence-corrected chi connectivity index (χ2v) is 5.33. The Morgan fingerprint density at radius 2 is 2.10 bits per heavy atom. The third kappa shape index (κ3) is 2.77. The number of rotatable bonds is 6. The molecule has 0 bridgehead atoms. The summed E-state index contributed by atoms with van der Waals surface area (Å²) in [4.78, 5) is 16.6. The summed E-state index contributed by atoms with van der Waals surface area (Å²) >= 11 is 0. The highest BCUT2D eigenvalue weighted by Gasteiger charge is 2.34. The van der Waals surface area contributed by atoms with E-state index in [-0.39, 0.29) is 5.95 Å². The number of nitrogens with zero attached hydrogens (tertiary/aromatic N) is 6. The molecule has 21 heavy (non-hydrogen) atoms. The molecule has 0 spiro atoms. The maximum absolute atomic E-state index is 5.41. The SMILES string of the molecule is CCC1(CNc2nc(NN)nc(-n3cncn3)n2)CCC1. The molecule has 0 aromatic carbocycles. The van der Waals surface area contributed by atoms with Crippen molar-refractivity contribution in [3.05, 3.63) is 12.7 Å². The summed E-state index contributed by atoms with van der Waals surface area (Å²) in [6, 6.07) is 0. The first-order chi connectivity index (χ1) is 10.2. The van der Waals surface area contributed by atoms with Gasteiger partial charge in [-0.2, -0.15) is 24.7 Å². The van der Waals surface area contributed by atoms with E-state index in [2.05, 4.69) is 42.7 Å². The number of nitrogens with two attached hydrogens (primary N) is 1. The summed E-state index contributed by atoms with van der Waals surface area (Å²) in [5, 5.41) is 7.31. The van der Waals surface area contributed by atoms with Gasteiger partial charge in [0.05, 0.1) is 0 Å². The third-order valence-corrected chi connectivity index (χ3v) is 4.16. The van der Waals surface area contributed by atoms with E-state index in [0.717, 1.165) is 13.0 Å². The highest BCUT2D eigenvalue weighted by Crippen LogP contribution is 2.43. The van der Waals surface area contributed by atoms with E-state index in [0.29, 0.717) is 17.3 Å². The van der Waals surface area contributed by atoms with Crippen molar-refractivity contribution >= 4 is 11.9 Å². The monoisotopic (exact) mass is 289 g/mol. The van der Waals surface area contributed by atoms with Crippen LogP contribution in [0.1, 0.15) is 32.6 Å². The highest BCUT2D eigenvalue weighted by atomic mass is 15.4. The van der Waals surface area contributed by atoms with Crippen LogP contribution in [0.15, 0.2) is 12.7 Å². The second-order valence-electron chi connectivity index (χ2n) is 5.33. The van der Waals surface area contributed by atoms with Gasteiger partial charge in [-0.15, -0.1) is 0 Å². The van der Waals surface area contributed by atoms with Gasteiger partial charge in [0.2, 0.25) is 11.9 Å². The minimum Gasteiger partial charge on any atom is -0.353 e. The van der Waals surface area contributed by atoms with Gasteiger partial charge in [0.15, 0.2) is 0 Å². The molecule has 2 heterocycles. The predicted octanol–water partition coefficient (Wildman–Crippen LogP) is 0.730. The van der Waals surface area contributed by atoms with Crippen molar-refractivity contribution < 1.29 is 0 Å². The molecule has 0 saturated heterocycles. The zero-order chi connectivity index (χ0) is 14.7. The van der Waals surface area contributed by atoms with Gasteiger partial charge in [0.1, 0.15) is 12.7 Å². The summed E-state index contributed by atoms with van der Waals surface area (Å²) in [5.74, 6) is 6.56. The van der Waals surface area contributed by atoms with Crippen molar-refractivity contribution in [2.45, 2.75) is 32.6 Å². The Morgan fingerprint density at radius 1 is 1.29 bits per heavy atom. The highest BCUT2D eigenvalue weighted by molar-refractivity contribution is 5.37. The van der Waals surface area contributed by atoms with Gasteiger partial charge < -0.3 is 5.32 Å². The molecule has 2 aromatic rings. The second kappa shape index (κ2) is 5.60. The Labute approximate surface area is 122 Å². The van der Waals surface area contributed by atoms with Gasteiger partial charge in [-0.3, -0.25) is 5.43 Å². The van der Waals surface area contributed by atoms with Crippen LogP contribution >= 0.6 is 0 Å². The molecule has 0 amide bonds. The fourth-order valence-corrected chi connectivity index (χ4v) is 2.52.